The first-order valence-electron chi connectivity index (χ1n) is 8.37. The number of nitrogens with zero attached hydrogens (tertiary/aromatic N) is 3. The third-order valence-corrected chi connectivity index (χ3v) is 4.39. The van der Waals surface area contributed by atoms with Crippen molar-refractivity contribution < 1.29 is 9.47 Å². The lowest BCUT2D eigenvalue weighted by Crippen LogP contribution is -2.38. The number of ether oxygens (including phenoxy) is 2. The van der Waals surface area contributed by atoms with Gasteiger partial charge in [-0.3, -0.25) is 13.9 Å². The molecule has 138 valence electrons. The molecule has 1 aliphatic heterocycles. The molecule has 3 rings (SSSR count). The number of benzene rings is 1. The van der Waals surface area contributed by atoms with Gasteiger partial charge in [0.25, 0.3) is 5.56 Å². The van der Waals surface area contributed by atoms with Crippen molar-refractivity contribution in [3.63, 3.8) is 0 Å². The molecule has 2 heterocycles. The smallest absolute Gasteiger partial charge is 0.332 e. The SMILES string of the molecule is CCOC1=Nc2c(c(=O)n(C)c(=O)n2C)NC(c2ccc(OC)cc2)C1. The van der Waals surface area contributed by atoms with Crippen molar-refractivity contribution in [1.29, 1.82) is 0 Å². The van der Waals surface area contributed by atoms with Gasteiger partial charge in [0.2, 0.25) is 0 Å². The van der Waals surface area contributed by atoms with E-state index in [0.717, 1.165) is 15.9 Å². The predicted octanol–water partition coefficient (Wildman–Crippen LogP) is 1.72. The Morgan fingerprint density at radius 1 is 1.19 bits per heavy atom. The van der Waals surface area contributed by atoms with Crippen molar-refractivity contribution in [2.45, 2.75) is 19.4 Å². The van der Waals surface area contributed by atoms with Crippen LogP contribution in [0.5, 0.6) is 5.75 Å². The van der Waals surface area contributed by atoms with Crippen LogP contribution < -0.4 is 21.3 Å². The van der Waals surface area contributed by atoms with E-state index >= 15 is 0 Å². The molecule has 1 unspecified atom stereocenters. The Kier molecular flexibility index (Phi) is 4.83. The molecule has 1 atom stereocenters. The first-order chi connectivity index (χ1) is 12.5. The van der Waals surface area contributed by atoms with Gasteiger partial charge in [-0.25, -0.2) is 4.79 Å². The Morgan fingerprint density at radius 3 is 2.50 bits per heavy atom. The fourth-order valence-corrected chi connectivity index (χ4v) is 2.95. The van der Waals surface area contributed by atoms with Gasteiger partial charge in [0.05, 0.1) is 19.8 Å². The molecule has 26 heavy (non-hydrogen) atoms. The molecule has 8 heteroatoms. The molecule has 1 aromatic carbocycles. The molecule has 1 aliphatic rings. The molecule has 1 aromatic heterocycles. The summed E-state index contributed by atoms with van der Waals surface area (Å²) in [6, 6.07) is 7.35. The summed E-state index contributed by atoms with van der Waals surface area (Å²) in [5.41, 5.74) is 0.397. The number of methoxy groups -OCH3 is 1. The maximum atomic E-state index is 12.6. The van der Waals surface area contributed by atoms with E-state index in [1.807, 2.05) is 31.2 Å². The third-order valence-electron chi connectivity index (χ3n) is 4.39. The van der Waals surface area contributed by atoms with E-state index in [4.69, 9.17) is 9.47 Å². The second kappa shape index (κ2) is 7.07. The molecular formula is C18H22N4O4. The summed E-state index contributed by atoms with van der Waals surface area (Å²) in [6.45, 7) is 2.31. The van der Waals surface area contributed by atoms with E-state index in [0.29, 0.717) is 18.9 Å². The van der Waals surface area contributed by atoms with Crippen LogP contribution in [-0.4, -0.2) is 28.7 Å². The van der Waals surface area contributed by atoms with E-state index in [2.05, 4.69) is 10.3 Å². The number of fused-ring (bicyclic) bond motifs is 1. The Bertz CT molecular complexity index is 957. The Morgan fingerprint density at radius 2 is 1.88 bits per heavy atom. The van der Waals surface area contributed by atoms with Crippen LogP contribution in [0.2, 0.25) is 0 Å². The largest absolute Gasteiger partial charge is 0.497 e. The number of hydrogen-bond donors (Lipinski definition) is 1. The molecule has 0 saturated heterocycles. The third kappa shape index (κ3) is 3.10. The molecule has 0 saturated carbocycles. The van der Waals surface area contributed by atoms with Gasteiger partial charge in [0.1, 0.15) is 11.4 Å². The number of anilines is 1. The van der Waals surface area contributed by atoms with Crippen molar-refractivity contribution >= 4 is 17.4 Å². The van der Waals surface area contributed by atoms with E-state index in [9.17, 15) is 9.59 Å². The summed E-state index contributed by atoms with van der Waals surface area (Å²) in [5.74, 6) is 1.50. The lowest BCUT2D eigenvalue weighted by molar-refractivity contribution is 0.315. The highest BCUT2D eigenvalue weighted by atomic mass is 16.5. The molecule has 8 nitrogen and oxygen atoms in total. The van der Waals surface area contributed by atoms with Gasteiger partial charge in [-0.2, -0.15) is 4.99 Å². The Balaban J connectivity index is 2.14. The summed E-state index contributed by atoms with van der Waals surface area (Å²) in [4.78, 5) is 29.3. The predicted molar refractivity (Wildman–Crippen MR) is 99.6 cm³/mol. The molecule has 2 aromatic rings. The lowest BCUT2D eigenvalue weighted by atomic mass is 10.0. The van der Waals surface area contributed by atoms with E-state index in [-0.39, 0.29) is 17.5 Å². The second-order valence-corrected chi connectivity index (χ2v) is 6.02. The fraction of sp³-hybridized carbons (Fsp3) is 0.389. The average Bonchev–Trinajstić information content (AvgIpc) is 2.85. The number of rotatable bonds is 3. The van der Waals surface area contributed by atoms with Crippen LogP contribution in [0.4, 0.5) is 11.5 Å². The van der Waals surface area contributed by atoms with Crippen LogP contribution in [0.1, 0.15) is 24.9 Å². The van der Waals surface area contributed by atoms with Crippen molar-refractivity contribution in [3.05, 3.63) is 50.7 Å². The zero-order chi connectivity index (χ0) is 18.8. The summed E-state index contributed by atoms with van der Waals surface area (Å²) in [5, 5.41) is 3.25. The summed E-state index contributed by atoms with van der Waals surface area (Å²) >= 11 is 0. The molecule has 0 amide bonds. The Labute approximate surface area is 150 Å². The maximum absolute atomic E-state index is 12.6. The van der Waals surface area contributed by atoms with Crippen molar-refractivity contribution in [2.75, 3.05) is 19.0 Å². The van der Waals surface area contributed by atoms with Crippen LogP contribution >= 0.6 is 0 Å². The monoisotopic (exact) mass is 358 g/mol. The lowest BCUT2D eigenvalue weighted by Gasteiger charge is -2.19. The first-order valence-corrected chi connectivity index (χ1v) is 8.37. The van der Waals surface area contributed by atoms with Gasteiger partial charge >= 0.3 is 5.69 Å². The normalized spacial score (nSPS) is 16.2. The number of aromatic nitrogens is 2. The first kappa shape index (κ1) is 17.8. The number of aliphatic imine (C=N–C) groups is 1. The van der Waals surface area contributed by atoms with Crippen molar-refractivity contribution in [2.24, 2.45) is 19.1 Å². The molecular weight excluding hydrogens is 336 g/mol. The molecule has 0 fully saturated rings. The summed E-state index contributed by atoms with van der Waals surface area (Å²) < 4.78 is 13.3. The van der Waals surface area contributed by atoms with E-state index in [1.165, 1.54) is 11.6 Å². The Hall–Kier alpha value is -3.03. The van der Waals surface area contributed by atoms with Crippen molar-refractivity contribution in [3.8, 4) is 5.75 Å². The van der Waals surface area contributed by atoms with E-state index in [1.54, 1.807) is 14.2 Å². The van der Waals surface area contributed by atoms with Crippen LogP contribution in [0.25, 0.3) is 0 Å². The summed E-state index contributed by atoms with van der Waals surface area (Å²) in [7, 11) is 4.65. The molecule has 0 radical (unpaired) electrons. The highest BCUT2D eigenvalue weighted by Crippen LogP contribution is 2.31. The van der Waals surface area contributed by atoms with Gasteiger partial charge in [0.15, 0.2) is 11.7 Å². The zero-order valence-corrected chi connectivity index (χ0v) is 15.3. The number of hydrogen-bond acceptors (Lipinski definition) is 6. The average molecular weight is 358 g/mol. The van der Waals surface area contributed by atoms with Crippen LogP contribution in [0, 0.1) is 0 Å². The van der Waals surface area contributed by atoms with Gasteiger partial charge in [-0.05, 0) is 24.6 Å². The highest BCUT2D eigenvalue weighted by Gasteiger charge is 2.26. The minimum atomic E-state index is -0.432. The molecule has 0 aliphatic carbocycles. The number of nitrogens with one attached hydrogen (secondary N) is 1. The maximum Gasteiger partial charge on any atom is 0.332 e. The van der Waals surface area contributed by atoms with Gasteiger partial charge in [0, 0.05) is 20.5 Å². The van der Waals surface area contributed by atoms with Gasteiger partial charge in [-0.15, -0.1) is 0 Å². The van der Waals surface area contributed by atoms with Gasteiger partial charge in [-0.1, -0.05) is 12.1 Å². The quantitative estimate of drug-likeness (QED) is 0.903. The topological polar surface area (TPSA) is 86.9 Å². The molecule has 1 N–H and O–H groups in total. The van der Waals surface area contributed by atoms with Crippen LogP contribution in [-0.2, 0) is 18.8 Å². The van der Waals surface area contributed by atoms with Crippen molar-refractivity contribution in [1.82, 2.24) is 9.13 Å². The fourth-order valence-electron chi connectivity index (χ4n) is 2.95. The summed E-state index contributed by atoms with van der Waals surface area (Å²) in [6.07, 6.45) is 0.451. The van der Waals surface area contributed by atoms with Crippen LogP contribution in [0.3, 0.4) is 0 Å². The highest BCUT2D eigenvalue weighted by molar-refractivity contribution is 5.84. The molecule has 0 spiro atoms. The molecule has 0 bridgehead atoms. The zero-order valence-electron chi connectivity index (χ0n) is 15.3. The minimum Gasteiger partial charge on any atom is -0.497 e. The van der Waals surface area contributed by atoms with Gasteiger partial charge < -0.3 is 14.8 Å². The van der Waals surface area contributed by atoms with Crippen LogP contribution in [0.15, 0.2) is 38.8 Å². The minimum absolute atomic E-state index is 0.224. The van der Waals surface area contributed by atoms with E-state index < -0.39 is 11.2 Å². The second-order valence-electron chi connectivity index (χ2n) is 6.02. The standard InChI is InChI=1S/C18H22N4O4/c1-5-26-14-10-13(11-6-8-12(25-4)9-7-11)19-15-16(20-14)21(2)18(24)22(3)17(15)23/h6-9,13,19H,5,10H2,1-4H3.